The van der Waals surface area contributed by atoms with Gasteiger partial charge in [0.25, 0.3) is 6.71 Å². The van der Waals surface area contributed by atoms with Gasteiger partial charge >= 0.3 is 0 Å². The van der Waals surface area contributed by atoms with Crippen molar-refractivity contribution < 1.29 is 0 Å². The maximum absolute atomic E-state index is 2.72. The van der Waals surface area contributed by atoms with Gasteiger partial charge in [-0.15, -0.1) is 11.3 Å². The highest BCUT2D eigenvalue weighted by molar-refractivity contribution is 7.26. The third-order valence-electron chi connectivity index (χ3n) is 20.7. The number of nitrogens with zero attached hydrogens (tertiary/aromatic N) is 4. The molecular formula is C90H73BN4S. The average molecular weight is 1250 g/mol. The number of rotatable bonds is 7. The standard InChI is InChI=1S/C90H73BN4S/c1-88(2,3)60-49-59(50-61(52-60)89(4,5)6)58-43-47-76-73(51-58)91-72-46-44-64(93-74-39-22-19-33-67(74)69-45-48-77-83(86(69)93)71-35-20-23-40-75(71)92(77)63-31-17-12-18-32-63)55-79(72)95(85-65(56-27-13-10-14-28-56)36-25-37-66(85)57-29-15-11-16-30-57)81-54-62(90(7,8)9)53-80(84(81)91)94(76)78-41-26-38-70-68-34-21-24-42-82(68)96-87(70)78/h10-55H,1-9H3. The van der Waals surface area contributed by atoms with Crippen molar-refractivity contribution in [2.75, 3.05) is 9.80 Å². The van der Waals surface area contributed by atoms with Gasteiger partial charge in [-0.1, -0.05) is 269 Å². The molecule has 0 saturated heterocycles. The zero-order valence-electron chi connectivity index (χ0n) is 55.8. The molecule has 3 aromatic heterocycles. The lowest BCUT2D eigenvalue weighted by molar-refractivity contribution is 0.569. The Labute approximate surface area is 566 Å². The molecule has 4 nitrogen and oxygen atoms in total. The van der Waals surface area contributed by atoms with E-state index in [2.05, 4.69) is 360 Å². The van der Waals surface area contributed by atoms with Gasteiger partial charge in [0.05, 0.1) is 38.1 Å². The smallest absolute Gasteiger partial charge is 0.252 e. The van der Waals surface area contributed by atoms with E-state index in [1.165, 1.54) is 125 Å². The first kappa shape index (κ1) is 58.0. The van der Waals surface area contributed by atoms with Gasteiger partial charge in [0.2, 0.25) is 0 Å². The van der Waals surface area contributed by atoms with Crippen molar-refractivity contribution >= 4 is 132 Å². The fourth-order valence-corrected chi connectivity index (χ4v) is 17.1. The molecule has 0 aliphatic carbocycles. The van der Waals surface area contributed by atoms with Gasteiger partial charge in [-0.2, -0.15) is 0 Å². The van der Waals surface area contributed by atoms with Gasteiger partial charge in [0.1, 0.15) is 0 Å². The highest BCUT2D eigenvalue weighted by atomic mass is 32.1. The van der Waals surface area contributed by atoms with E-state index in [4.69, 9.17) is 0 Å². The Kier molecular flexibility index (Phi) is 12.9. The van der Waals surface area contributed by atoms with Gasteiger partial charge in [0.15, 0.2) is 0 Å². The van der Waals surface area contributed by atoms with E-state index in [1.807, 2.05) is 11.3 Å². The van der Waals surface area contributed by atoms with Crippen LogP contribution in [0.3, 0.4) is 0 Å². The third kappa shape index (κ3) is 8.95. The molecule has 0 bridgehead atoms. The Bertz CT molecular complexity index is 5760. The normalized spacial score (nSPS) is 13.2. The Morgan fingerprint density at radius 1 is 0.312 bits per heavy atom. The Balaban J connectivity index is 1.00. The molecular weight excluding hydrogens is 1180 g/mol. The molecule has 0 N–H and O–H groups in total. The second-order valence-electron chi connectivity index (χ2n) is 29.7. The van der Waals surface area contributed by atoms with Crippen molar-refractivity contribution in [3.8, 4) is 44.8 Å². The summed E-state index contributed by atoms with van der Waals surface area (Å²) < 4.78 is 7.62. The van der Waals surface area contributed by atoms with Gasteiger partial charge in [0, 0.05) is 82.3 Å². The van der Waals surface area contributed by atoms with Crippen molar-refractivity contribution in [2.45, 2.75) is 78.6 Å². The molecule has 96 heavy (non-hydrogen) atoms. The Morgan fingerprint density at radius 3 is 1.54 bits per heavy atom. The molecule has 6 heteroatoms. The topological polar surface area (TPSA) is 16.3 Å². The van der Waals surface area contributed by atoms with Crippen LogP contribution >= 0.6 is 11.3 Å². The van der Waals surface area contributed by atoms with Crippen LogP contribution in [0.4, 0.5) is 34.1 Å². The van der Waals surface area contributed by atoms with Gasteiger partial charge < -0.3 is 18.9 Å². The predicted molar refractivity (Wildman–Crippen MR) is 414 cm³/mol. The molecule has 13 aromatic carbocycles. The molecule has 2 aliphatic rings. The van der Waals surface area contributed by atoms with E-state index in [9.17, 15) is 0 Å². The van der Waals surface area contributed by atoms with Crippen LogP contribution in [-0.2, 0) is 16.2 Å². The quantitative estimate of drug-likeness (QED) is 0.148. The number of para-hydroxylation sites is 4. The number of anilines is 6. The minimum absolute atomic E-state index is 0.0677. The van der Waals surface area contributed by atoms with Crippen LogP contribution in [0.5, 0.6) is 0 Å². The molecule has 0 radical (unpaired) electrons. The molecule has 5 heterocycles. The molecule has 2 aliphatic heterocycles. The monoisotopic (exact) mass is 1250 g/mol. The van der Waals surface area contributed by atoms with Crippen molar-refractivity contribution in [3.63, 3.8) is 0 Å². The first-order valence-electron chi connectivity index (χ1n) is 33.9. The Morgan fingerprint density at radius 2 is 0.875 bits per heavy atom. The van der Waals surface area contributed by atoms with Gasteiger partial charge in [-0.3, -0.25) is 0 Å². The molecule has 0 spiro atoms. The highest BCUT2D eigenvalue weighted by Gasteiger charge is 2.46. The largest absolute Gasteiger partial charge is 0.310 e. The van der Waals surface area contributed by atoms with Crippen LogP contribution in [0.1, 0.15) is 79.0 Å². The van der Waals surface area contributed by atoms with Crippen LogP contribution in [0, 0.1) is 0 Å². The summed E-state index contributed by atoms with van der Waals surface area (Å²) in [6.45, 7) is 21.1. The predicted octanol–water partition coefficient (Wildman–Crippen LogP) is 23.2. The summed E-state index contributed by atoms with van der Waals surface area (Å²) in [6.07, 6.45) is 0. The summed E-state index contributed by atoms with van der Waals surface area (Å²) in [4.78, 5) is 5.38. The minimum Gasteiger partial charge on any atom is -0.310 e. The summed E-state index contributed by atoms with van der Waals surface area (Å²) in [6, 6.07) is 106. The first-order valence-corrected chi connectivity index (χ1v) is 34.7. The molecule has 18 rings (SSSR count). The summed E-state index contributed by atoms with van der Waals surface area (Å²) in [7, 11) is 0. The lowest BCUT2D eigenvalue weighted by atomic mass is 9.33. The van der Waals surface area contributed by atoms with Crippen molar-refractivity contribution in [1.29, 1.82) is 0 Å². The lowest BCUT2D eigenvalue weighted by Gasteiger charge is -2.46. The lowest BCUT2D eigenvalue weighted by Crippen LogP contribution is -2.61. The minimum atomic E-state index is -0.258. The van der Waals surface area contributed by atoms with Crippen LogP contribution in [-0.4, -0.2) is 15.8 Å². The molecule has 0 fully saturated rings. The number of hydrogen-bond donors (Lipinski definition) is 0. The van der Waals surface area contributed by atoms with Crippen molar-refractivity contribution in [1.82, 2.24) is 9.13 Å². The van der Waals surface area contributed by atoms with Crippen LogP contribution in [0.15, 0.2) is 279 Å². The molecule has 0 unspecified atom stereocenters. The summed E-state index contributed by atoms with van der Waals surface area (Å²) in [5.41, 5.74) is 28.5. The van der Waals surface area contributed by atoms with Crippen LogP contribution < -0.4 is 26.2 Å². The molecule has 0 amide bonds. The van der Waals surface area contributed by atoms with E-state index in [0.29, 0.717) is 0 Å². The number of hydrogen-bond acceptors (Lipinski definition) is 3. The van der Waals surface area contributed by atoms with E-state index >= 15 is 0 Å². The highest BCUT2D eigenvalue weighted by Crippen LogP contribution is 2.54. The molecule has 0 atom stereocenters. The van der Waals surface area contributed by atoms with E-state index in [0.717, 1.165) is 50.5 Å². The average Bonchev–Trinajstić information content (AvgIpc) is 0.926. The third-order valence-corrected chi connectivity index (χ3v) is 21.9. The zero-order chi connectivity index (χ0) is 65.1. The number of fused-ring (bicyclic) bond motifs is 14. The van der Waals surface area contributed by atoms with Crippen molar-refractivity contribution in [2.24, 2.45) is 0 Å². The maximum Gasteiger partial charge on any atom is 0.252 e. The van der Waals surface area contributed by atoms with E-state index in [1.54, 1.807) is 0 Å². The summed E-state index contributed by atoms with van der Waals surface area (Å²) >= 11 is 1.91. The summed E-state index contributed by atoms with van der Waals surface area (Å²) in [5, 5.41) is 7.46. The number of benzene rings is 13. The summed E-state index contributed by atoms with van der Waals surface area (Å²) in [5.74, 6) is 0. The van der Waals surface area contributed by atoms with Crippen LogP contribution in [0.2, 0.25) is 0 Å². The maximum atomic E-state index is 2.72. The van der Waals surface area contributed by atoms with Gasteiger partial charge in [-0.25, -0.2) is 0 Å². The second-order valence-corrected chi connectivity index (χ2v) is 30.7. The Hall–Kier alpha value is -10.7. The SMILES string of the molecule is CC(C)(C)c1cc(-c2ccc3c(c2)B2c4ccc(-n5c6ccccc6c6ccc7c(c8ccccc8n7-c7ccccc7)c65)cc4N(c4c(-c5ccccc5)cccc4-c4ccccc4)c4cc(C(C)(C)C)cc(c42)N3c2cccc3c2sc2ccccc23)cc(C(C)(C)C)c1. The van der Waals surface area contributed by atoms with Crippen LogP contribution in [0.25, 0.3) is 109 Å². The second kappa shape index (κ2) is 21.4. The molecule has 0 saturated carbocycles. The van der Waals surface area contributed by atoms with E-state index < -0.39 is 0 Å². The first-order chi connectivity index (χ1) is 46.5. The van der Waals surface area contributed by atoms with E-state index in [-0.39, 0.29) is 23.0 Å². The molecule has 462 valence electrons. The van der Waals surface area contributed by atoms with Crippen molar-refractivity contribution in [3.05, 3.63) is 296 Å². The molecule has 16 aromatic rings. The number of thiophene rings is 1. The fourth-order valence-electron chi connectivity index (χ4n) is 15.9. The number of aromatic nitrogens is 2. The fraction of sp³-hybridized carbons (Fsp3) is 0.133. The zero-order valence-corrected chi connectivity index (χ0v) is 56.6. The van der Waals surface area contributed by atoms with Gasteiger partial charge in [-0.05, 0) is 144 Å².